The largest absolute Gasteiger partial charge is 0.370 e. The minimum Gasteiger partial charge on any atom is -0.370 e. The Morgan fingerprint density at radius 3 is 2.90 bits per heavy atom. The molecule has 4 rings (SSSR count). The van der Waals surface area contributed by atoms with Crippen molar-refractivity contribution >= 4 is 17.2 Å². The van der Waals surface area contributed by atoms with Gasteiger partial charge in [0.25, 0.3) is 0 Å². The highest BCUT2D eigenvalue weighted by Gasteiger charge is 2.26. The van der Waals surface area contributed by atoms with Crippen molar-refractivity contribution in [2.24, 2.45) is 0 Å². The zero-order valence-electron chi connectivity index (χ0n) is 11.8. The molecule has 0 saturated carbocycles. The van der Waals surface area contributed by atoms with Crippen LogP contribution in [-0.2, 0) is 0 Å². The number of anilines is 1. The fraction of sp³-hybridized carbons (Fsp3) is 0.250. The number of aromatic nitrogens is 3. The van der Waals surface area contributed by atoms with E-state index in [9.17, 15) is 0 Å². The van der Waals surface area contributed by atoms with Crippen LogP contribution in [0.2, 0.25) is 0 Å². The third-order valence-corrected chi connectivity index (χ3v) is 4.95. The second-order valence-electron chi connectivity index (χ2n) is 5.25. The second kappa shape index (κ2) is 5.00. The molecule has 0 aliphatic carbocycles. The van der Waals surface area contributed by atoms with Crippen LogP contribution < -0.4 is 5.32 Å². The van der Waals surface area contributed by atoms with Crippen LogP contribution in [0.5, 0.6) is 0 Å². The molecule has 0 aromatic carbocycles. The molecular weight excluding hydrogens is 280 g/mol. The van der Waals surface area contributed by atoms with E-state index in [2.05, 4.69) is 39.4 Å². The lowest BCUT2D eigenvalue weighted by Crippen LogP contribution is -2.24. The van der Waals surface area contributed by atoms with E-state index >= 15 is 0 Å². The van der Waals surface area contributed by atoms with Crippen molar-refractivity contribution < 1.29 is 0 Å². The van der Waals surface area contributed by atoms with E-state index in [1.54, 1.807) is 11.3 Å². The van der Waals surface area contributed by atoms with Gasteiger partial charge in [0.1, 0.15) is 5.82 Å². The molecule has 0 saturated heterocycles. The van der Waals surface area contributed by atoms with Gasteiger partial charge in [0.05, 0.1) is 11.7 Å². The standard InChI is InChI=1S/C16H16N4S/c1-11-15(12-4-7-17-8-5-12)19-20-13(6-9-18-16(11)20)14-3-2-10-21-14/h2-5,7-8,10,13,18H,6,9H2,1H3. The number of fused-ring (bicyclic) bond motifs is 1. The summed E-state index contributed by atoms with van der Waals surface area (Å²) >= 11 is 1.81. The third-order valence-electron chi connectivity index (χ3n) is 3.98. The lowest BCUT2D eigenvalue weighted by molar-refractivity contribution is 0.489. The fourth-order valence-electron chi connectivity index (χ4n) is 2.93. The average molecular weight is 296 g/mol. The molecule has 0 fully saturated rings. The molecule has 106 valence electrons. The SMILES string of the molecule is Cc1c(-c2ccncc2)nn2c1NCCC2c1cccs1. The summed E-state index contributed by atoms with van der Waals surface area (Å²) in [6, 6.07) is 8.69. The van der Waals surface area contributed by atoms with E-state index in [1.807, 2.05) is 24.5 Å². The Morgan fingerprint density at radius 2 is 2.14 bits per heavy atom. The number of thiophene rings is 1. The van der Waals surface area contributed by atoms with Gasteiger partial charge in [-0.05, 0) is 36.9 Å². The van der Waals surface area contributed by atoms with Crippen LogP contribution in [0.15, 0.2) is 42.0 Å². The summed E-state index contributed by atoms with van der Waals surface area (Å²) in [6.45, 7) is 3.13. The third kappa shape index (κ3) is 2.05. The fourth-order valence-corrected chi connectivity index (χ4v) is 3.78. The molecule has 3 aromatic heterocycles. The maximum absolute atomic E-state index is 4.89. The van der Waals surface area contributed by atoms with E-state index in [4.69, 9.17) is 5.10 Å². The molecule has 1 unspecified atom stereocenters. The van der Waals surface area contributed by atoms with Gasteiger partial charge in [-0.3, -0.25) is 4.98 Å². The monoisotopic (exact) mass is 296 g/mol. The van der Waals surface area contributed by atoms with E-state index in [1.165, 1.54) is 10.4 Å². The van der Waals surface area contributed by atoms with Crippen LogP contribution in [0.25, 0.3) is 11.3 Å². The van der Waals surface area contributed by atoms with E-state index < -0.39 is 0 Å². The first kappa shape index (κ1) is 12.6. The van der Waals surface area contributed by atoms with Gasteiger partial charge in [-0.2, -0.15) is 5.10 Å². The number of hydrogen-bond acceptors (Lipinski definition) is 4. The summed E-state index contributed by atoms with van der Waals surface area (Å²) < 4.78 is 2.15. The zero-order chi connectivity index (χ0) is 14.2. The highest BCUT2D eigenvalue weighted by molar-refractivity contribution is 7.10. The van der Waals surface area contributed by atoms with Crippen LogP contribution >= 0.6 is 11.3 Å². The summed E-state index contributed by atoms with van der Waals surface area (Å²) in [5.74, 6) is 1.14. The number of hydrogen-bond donors (Lipinski definition) is 1. The van der Waals surface area contributed by atoms with Crippen molar-refractivity contribution in [3.05, 3.63) is 52.5 Å². The number of rotatable bonds is 2. The Balaban J connectivity index is 1.84. The van der Waals surface area contributed by atoms with Crippen LogP contribution in [0, 0.1) is 6.92 Å². The highest BCUT2D eigenvalue weighted by Crippen LogP contribution is 2.37. The Kier molecular flexibility index (Phi) is 3.00. The molecule has 4 heterocycles. The van der Waals surface area contributed by atoms with Crippen molar-refractivity contribution in [2.75, 3.05) is 11.9 Å². The van der Waals surface area contributed by atoms with Gasteiger partial charge in [0.15, 0.2) is 0 Å². The molecule has 5 heteroatoms. The Labute approximate surface area is 127 Å². The molecule has 0 bridgehead atoms. The summed E-state index contributed by atoms with van der Waals surface area (Å²) in [7, 11) is 0. The summed E-state index contributed by atoms with van der Waals surface area (Å²) in [5, 5.41) is 10.5. The van der Waals surface area contributed by atoms with Gasteiger partial charge in [-0.25, -0.2) is 4.68 Å². The van der Waals surface area contributed by atoms with Gasteiger partial charge in [0, 0.05) is 34.9 Å². The Morgan fingerprint density at radius 1 is 1.29 bits per heavy atom. The highest BCUT2D eigenvalue weighted by atomic mass is 32.1. The molecule has 0 amide bonds. The van der Waals surface area contributed by atoms with Gasteiger partial charge in [-0.15, -0.1) is 11.3 Å². The molecule has 1 aliphatic heterocycles. The summed E-state index contributed by atoms with van der Waals surface area (Å²) in [4.78, 5) is 5.47. The first-order chi connectivity index (χ1) is 10.3. The zero-order valence-corrected chi connectivity index (χ0v) is 12.6. The summed E-state index contributed by atoms with van der Waals surface area (Å²) in [5.41, 5.74) is 3.38. The molecule has 1 aliphatic rings. The summed E-state index contributed by atoms with van der Waals surface area (Å²) in [6.07, 6.45) is 4.71. The van der Waals surface area contributed by atoms with Crippen LogP contribution in [0.4, 0.5) is 5.82 Å². The molecule has 1 N–H and O–H groups in total. The van der Waals surface area contributed by atoms with Gasteiger partial charge in [-0.1, -0.05) is 6.07 Å². The molecule has 0 spiro atoms. The Hall–Kier alpha value is -2.14. The van der Waals surface area contributed by atoms with Crippen molar-refractivity contribution in [1.82, 2.24) is 14.8 Å². The topological polar surface area (TPSA) is 42.7 Å². The number of nitrogens with one attached hydrogen (secondary N) is 1. The first-order valence-corrected chi connectivity index (χ1v) is 7.99. The maximum Gasteiger partial charge on any atom is 0.128 e. The maximum atomic E-state index is 4.89. The second-order valence-corrected chi connectivity index (χ2v) is 6.23. The van der Waals surface area contributed by atoms with E-state index in [-0.39, 0.29) is 0 Å². The van der Waals surface area contributed by atoms with Crippen molar-refractivity contribution in [1.29, 1.82) is 0 Å². The molecule has 0 radical (unpaired) electrons. The molecular formula is C16H16N4S. The van der Waals surface area contributed by atoms with Crippen LogP contribution in [0.1, 0.15) is 22.9 Å². The quantitative estimate of drug-likeness (QED) is 0.783. The molecule has 21 heavy (non-hydrogen) atoms. The minimum atomic E-state index is 0.343. The average Bonchev–Trinajstić information content (AvgIpc) is 3.17. The van der Waals surface area contributed by atoms with Gasteiger partial charge in [0.2, 0.25) is 0 Å². The predicted octanol–water partition coefficient (Wildman–Crippen LogP) is 3.72. The van der Waals surface area contributed by atoms with Crippen molar-refractivity contribution in [3.63, 3.8) is 0 Å². The van der Waals surface area contributed by atoms with Crippen LogP contribution in [0.3, 0.4) is 0 Å². The van der Waals surface area contributed by atoms with Gasteiger partial charge < -0.3 is 5.32 Å². The van der Waals surface area contributed by atoms with E-state index in [0.29, 0.717) is 6.04 Å². The first-order valence-electron chi connectivity index (χ1n) is 7.11. The predicted molar refractivity (Wildman–Crippen MR) is 85.8 cm³/mol. The molecule has 1 atom stereocenters. The van der Waals surface area contributed by atoms with Crippen LogP contribution in [-0.4, -0.2) is 21.3 Å². The molecule has 4 nitrogen and oxygen atoms in total. The number of pyridine rings is 1. The lowest BCUT2D eigenvalue weighted by Gasteiger charge is -2.25. The molecule has 3 aromatic rings. The smallest absolute Gasteiger partial charge is 0.128 e. The van der Waals surface area contributed by atoms with Crippen molar-refractivity contribution in [2.45, 2.75) is 19.4 Å². The number of nitrogens with zero attached hydrogens (tertiary/aromatic N) is 3. The normalized spacial score (nSPS) is 17.3. The minimum absolute atomic E-state index is 0.343. The van der Waals surface area contributed by atoms with Gasteiger partial charge >= 0.3 is 0 Å². The lowest BCUT2D eigenvalue weighted by atomic mass is 10.1. The Bertz CT molecular complexity index is 746. The van der Waals surface area contributed by atoms with Crippen molar-refractivity contribution in [3.8, 4) is 11.3 Å². The van der Waals surface area contributed by atoms with E-state index in [0.717, 1.165) is 30.0 Å².